The molecule has 0 aliphatic rings. The number of imide groups is 1. The first-order valence-electron chi connectivity index (χ1n) is 22.2. The minimum absolute atomic E-state index is 0.0892. The Morgan fingerprint density at radius 2 is 0.985 bits per heavy atom. The molecule has 0 saturated carbocycles. The molecular weight excluding hydrogens is 835 g/mol. The number of nitrogens with zero attached hydrogens (tertiary/aromatic N) is 2. The van der Waals surface area contributed by atoms with Crippen LogP contribution >= 0.6 is 0 Å². The van der Waals surface area contributed by atoms with E-state index in [9.17, 15) is 9.59 Å². The van der Waals surface area contributed by atoms with Gasteiger partial charge < -0.3 is 53.1 Å². The Morgan fingerprint density at radius 3 is 1.43 bits per heavy atom. The van der Waals surface area contributed by atoms with Crippen LogP contribution in [-0.2, 0) is 50.9 Å². The highest BCUT2D eigenvalue weighted by atomic mass is 16.6. The predicted octanol–water partition coefficient (Wildman–Crippen LogP) is 8.67. The van der Waals surface area contributed by atoms with Gasteiger partial charge in [-0.2, -0.15) is 4.90 Å². The summed E-state index contributed by atoms with van der Waals surface area (Å²) < 4.78 is 56.5. The van der Waals surface area contributed by atoms with Crippen LogP contribution in [0.1, 0.15) is 59.6 Å². The first kappa shape index (κ1) is 52.5. The molecule has 3 aromatic carbocycles. The quantitative estimate of drug-likeness (QED) is 0.0538. The third-order valence-electron chi connectivity index (χ3n) is 9.06. The number of aromatic nitrogens is 1. The van der Waals surface area contributed by atoms with Crippen molar-refractivity contribution in [3.63, 3.8) is 0 Å². The van der Waals surface area contributed by atoms with Gasteiger partial charge in [-0.25, -0.2) is 14.6 Å². The summed E-state index contributed by atoms with van der Waals surface area (Å²) in [5, 5.41) is 0. The Morgan fingerprint density at radius 1 is 0.554 bits per heavy atom. The van der Waals surface area contributed by atoms with Crippen molar-refractivity contribution in [3.8, 4) is 33.8 Å². The molecule has 0 fully saturated rings. The second kappa shape index (κ2) is 28.0. The maximum atomic E-state index is 13.9. The molecule has 0 saturated heterocycles. The molecule has 0 unspecified atom stereocenters. The molecule has 0 aliphatic heterocycles. The number of pyridine rings is 1. The molecule has 2 N–H and O–H groups in total. The number of hydrogen-bond donors (Lipinski definition) is 1. The second-order valence-electron chi connectivity index (χ2n) is 16.6. The summed E-state index contributed by atoms with van der Waals surface area (Å²) in [4.78, 5) is 33.5. The Kier molecular flexibility index (Phi) is 22.6. The van der Waals surface area contributed by atoms with Gasteiger partial charge in [0, 0.05) is 23.9 Å². The van der Waals surface area contributed by atoms with Gasteiger partial charge in [0.15, 0.2) is 5.82 Å². The van der Waals surface area contributed by atoms with E-state index in [0.717, 1.165) is 32.7 Å². The van der Waals surface area contributed by atoms with Gasteiger partial charge in [0.2, 0.25) is 0 Å². The average Bonchev–Trinajstić information content (AvgIpc) is 3.27. The van der Waals surface area contributed by atoms with Crippen LogP contribution in [-0.4, -0.2) is 121 Å². The SMILES string of the molecule is CCc1c(-c2ccc(OCCOCCOCCOCCOCCOCCOCCN)cc2)cnc(N(C(=O)OC(C)(C)C)C(=O)OC(C)(C)C)c1-c1ccc(OCc2ccccc2)cc1. The summed E-state index contributed by atoms with van der Waals surface area (Å²) in [7, 11) is 0. The van der Waals surface area contributed by atoms with Crippen molar-refractivity contribution in [3.05, 3.63) is 96.2 Å². The number of hydrogen-bond acceptors (Lipinski definition) is 14. The number of anilines is 1. The van der Waals surface area contributed by atoms with Gasteiger partial charge in [0.1, 0.15) is 35.9 Å². The second-order valence-corrected chi connectivity index (χ2v) is 16.6. The number of carbonyl (C=O) groups is 2. The zero-order valence-electron chi connectivity index (χ0n) is 39.3. The lowest BCUT2D eigenvalue weighted by Gasteiger charge is -2.30. The zero-order valence-corrected chi connectivity index (χ0v) is 39.3. The molecule has 0 atom stereocenters. The van der Waals surface area contributed by atoms with Gasteiger partial charge in [-0.05, 0) is 94.5 Å². The van der Waals surface area contributed by atoms with E-state index in [2.05, 4.69) is 0 Å². The standard InChI is InChI=1S/C50H69N3O12/c1-8-43-44(39-14-18-41(19-15-39)62-35-34-61-33-32-60-31-30-59-29-28-58-27-26-57-25-24-56-23-22-51)36-52-46(53(47(54)64-49(2,3)4)48(55)65-50(5,6)7)45(43)40-16-20-42(21-17-40)63-37-38-12-10-9-11-13-38/h9-21,36H,8,22-35,37,51H2,1-7H3. The highest BCUT2D eigenvalue weighted by Crippen LogP contribution is 2.40. The molecule has 15 nitrogen and oxygen atoms in total. The van der Waals surface area contributed by atoms with Gasteiger partial charge >= 0.3 is 12.2 Å². The average molecular weight is 904 g/mol. The maximum absolute atomic E-state index is 13.9. The number of ether oxygens (including phenoxy) is 10. The third-order valence-corrected chi connectivity index (χ3v) is 9.06. The van der Waals surface area contributed by atoms with Crippen molar-refractivity contribution < 1.29 is 57.0 Å². The number of benzene rings is 3. The first-order valence-corrected chi connectivity index (χ1v) is 22.2. The summed E-state index contributed by atoms with van der Waals surface area (Å²) in [6.07, 6.45) is 0.401. The molecular formula is C50H69N3O12. The molecule has 0 bridgehead atoms. The lowest BCUT2D eigenvalue weighted by atomic mass is 9.91. The Labute approximate surface area is 384 Å². The molecule has 15 heteroatoms. The minimum atomic E-state index is -0.904. The highest BCUT2D eigenvalue weighted by molar-refractivity contribution is 6.11. The van der Waals surface area contributed by atoms with Crippen LogP contribution in [0.25, 0.3) is 22.3 Å². The van der Waals surface area contributed by atoms with Crippen LogP contribution < -0.4 is 20.1 Å². The lowest BCUT2D eigenvalue weighted by molar-refractivity contribution is -0.0175. The van der Waals surface area contributed by atoms with Crippen molar-refractivity contribution in [1.29, 1.82) is 0 Å². The van der Waals surface area contributed by atoms with E-state index in [1.54, 1.807) is 47.7 Å². The van der Waals surface area contributed by atoms with Crippen molar-refractivity contribution in [2.45, 2.75) is 72.7 Å². The van der Waals surface area contributed by atoms with Crippen LogP contribution in [0.5, 0.6) is 11.5 Å². The summed E-state index contributed by atoms with van der Waals surface area (Å²) in [6, 6.07) is 25.1. The third kappa shape index (κ3) is 19.5. The monoisotopic (exact) mass is 903 g/mol. The molecule has 0 aliphatic carbocycles. The topological polar surface area (TPSA) is 169 Å². The summed E-state index contributed by atoms with van der Waals surface area (Å²) in [5.74, 6) is 1.42. The Hall–Kier alpha value is -5.13. The van der Waals surface area contributed by atoms with E-state index in [1.807, 2.05) is 85.8 Å². The van der Waals surface area contributed by atoms with Crippen molar-refractivity contribution in [2.24, 2.45) is 5.73 Å². The van der Waals surface area contributed by atoms with Crippen LogP contribution in [0.2, 0.25) is 0 Å². The first-order chi connectivity index (χ1) is 31.3. The molecule has 1 aromatic heterocycles. The van der Waals surface area contributed by atoms with Crippen molar-refractivity contribution >= 4 is 18.0 Å². The van der Waals surface area contributed by atoms with E-state index in [-0.39, 0.29) is 5.82 Å². The molecule has 4 aromatic rings. The number of carbonyl (C=O) groups excluding carboxylic acids is 2. The van der Waals surface area contributed by atoms with Crippen LogP contribution in [0, 0.1) is 0 Å². The van der Waals surface area contributed by atoms with E-state index >= 15 is 0 Å². The fraction of sp³-hybridized carbons (Fsp3) is 0.500. The molecule has 1 heterocycles. The largest absolute Gasteiger partial charge is 0.491 e. The van der Waals surface area contributed by atoms with Gasteiger partial charge in [0.25, 0.3) is 0 Å². The number of nitrogens with two attached hydrogens (primary N) is 1. The van der Waals surface area contributed by atoms with Crippen molar-refractivity contribution in [2.75, 3.05) is 97.3 Å². The van der Waals surface area contributed by atoms with E-state index in [1.165, 1.54) is 0 Å². The molecule has 65 heavy (non-hydrogen) atoms. The van der Waals surface area contributed by atoms with Crippen molar-refractivity contribution in [1.82, 2.24) is 4.98 Å². The van der Waals surface area contributed by atoms with Crippen LogP contribution in [0.4, 0.5) is 15.4 Å². The highest BCUT2D eigenvalue weighted by Gasteiger charge is 2.36. The predicted molar refractivity (Wildman–Crippen MR) is 250 cm³/mol. The van der Waals surface area contributed by atoms with Crippen LogP contribution in [0.15, 0.2) is 85.1 Å². The van der Waals surface area contributed by atoms with E-state index in [0.29, 0.717) is 123 Å². The molecule has 2 amide bonds. The molecule has 4 rings (SSSR count). The van der Waals surface area contributed by atoms with Gasteiger partial charge in [-0.1, -0.05) is 61.5 Å². The fourth-order valence-electron chi connectivity index (χ4n) is 6.18. The number of rotatable bonds is 28. The molecule has 0 spiro atoms. The van der Waals surface area contributed by atoms with Gasteiger partial charge in [-0.15, -0.1) is 0 Å². The Balaban J connectivity index is 1.36. The summed E-state index contributed by atoms with van der Waals surface area (Å²) >= 11 is 0. The Bertz CT molecular complexity index is 1940. The smallest absolute Gasteiger partial charge is 0.425 e. The molecule has 356 valence electrons. The fourth-order valence-corrected chi connectivity index (χ4v) is 6.18. The van der Waals surface area contributed by atoms with E-state index < -0.39 is 23.4 Å². The molecule has 0 radical (unpaired) electrons. The zero-order chi connectivity index (χ0) is 46.9. The normalized spacial score (nSPS) is 11.6. The minimum Gasteiger partial charge on any atom is -0.491 e. The number of amides is 2. The lowest BCUT2D eigenvalue weighted by Crippen LogP contribution is -2.44. The van der Waals surface area contributed by atoms with Gasteiger partial charge in [-0.3, -0.25) is 0 Å². The van der Waals surface area contributed by atoms with Crippen LogP contribution in [0.3, 0.4) is 0 Å². The maximum Gasteiger partial charge on any atom is 0.425 e. The van der Waals surface area contributed by atoms with E-state index in [4.69, 9.17) is 58.1 Å². The summed E-state index contributed by atoms with van der Waals surface area (Å²) in [6.45, 7) is 19.4. The summed E-state index contributed by atoms with van der Waals surface area (Å²) in [5.41, 5.74) is 8.44. The van der Waals surface area contributed by atoms with Gasteiger partial charge in [0.05, 0.1) is 79.3 Å².